The molecule has 1 aliphatic heterocycles. The highest BCUT2D eigenvalue weighted by molar-refractivity contribution is 5.85. The van der Waals surface area contributed by atoms with Crippen LogP contribution in [0.4, 0.5) is 0 Å². The molecule has 0 amide bonds. The van der Waals surface area contributed by atoms with Gasteiger partial charge in [0.1, 0.15) is 0 Å². The molecule has 0 aromatic carbocycles. The first-order valence-electron chi connectivity index (χ1n) is 4.83. The van der Waals surface area contributed by atoms with Gasteiger partial charge in [-0.15, -0.1) is 0 Å². The fourth-order valence-corrected chi connectivity index (χ4v) is 1.99. The van der Waals surface area contributed by atoms with Gasteiger partial charge in [0, 0.05) is 23.5 Å². The SMILES string of the molecule is CC1=NC=C(C2CCCC2)NC1. The minimum Gasteiger partial charge on any atom is -0.382 e. The van der Waals surface area contributed by atoms with E-state index >= 15 is 0 Å². The molecule has 0 radical (unpaired) electrons. The molecule has 0 saturated heterocycles. The van der Waals surface area contributed by atoms with Gasteiger partial charge < -0.3 is 5.32 Å². The second kappa shape index (κ2) is 3.30. The molecule has 0 unspecified atom stereocenters. The van der Waals surface area contributed by atoms with Crippen molar-refractivity contribution >= 4 is 5.71 Å². The number of nitrogens with zero attached hydrogens (tertiary/aromatic N) is 1. The molecule has 2 aliphatic rings. The van der Waals surface area contributed by atoms with E-state index in [0.717, 1.165) is 12.5 Å². The van der Waals surface area contributed by atoms with Crippen LogP contribution in [0.5, 0.6) is 0 Å². The fraction of sp³-hybridized carbons (Fsp3) is 0.700. The van der Waals surface area contributed by atoms with E-state index in [-0.39, 0.29) is 0 Å². The molecule has 66 valence electrons. The average molecular weight is 164 g/mol. The maximum atomic E-state index is 4.35. The van der Waals surface area contributed by atoms with Crippen molar-refractivity contribution in [3.63, 3.8) is 0 Å². The number of rotatable bonds is 1. The first kappa shape index (κ1) is 7.84. The van der Waals surface area contributed by atoms with Crippen molar-refractivity contribution in [2.24, 2.45) is 10.9 Å². The Balaban J connectivity index is 2.04. The molecule has 0 spiro atoms. The topological polar surface area (TPSA) is 24.4 Å². The predicted molar refractivity (Wildman–Crippen MR) is 51.2 cm³/mol. The zero-order chi connectivity index (χ0) is 8.39. The monoisotopic (exact) mass is 164 g/mol. The summed E-state index contributed by atoms with van der Waals surface area (Å²) in [7, 11) is 0. The molecule has 1 heterocycles. The van der Waals surface area contributed by atoms with E-state index in [2.05, 4.69) is 17.2 Å². The Morgan fingerprint density at radius 3 is 2.75 bits per heavy atom. The number of allylic oxidation sites excluding steroid dienone is 1. The van der Waals surface area contributed by atoms with E-state index in [1.54, 1.807) is 0 Å². The highest BCUT2D eigenvalue weighted by Crippen LogP contribution is 2.30. The lowest BCUT2D eigenvalue weighted by molar-refractivity contribution is 0.587. The van der Waals surface area contributed by atoms with Gasteiger partial charge in [0.2, 0.25) is 0 Å². The Hall–Kier alpha value is -0.790. The summed E-state index contributed by atoms with van der Waals surface area (Å²) in [5.41, 5.74) is 2.56. The van der Waals surface area contributed by atoms with Gasteiger partial charge in [-0.25, -0.2) is 0 Å². The lowest BCUT2D eigenvalue weighted by Crippen LogP contribution is -2.27. The summed E-state index contributed by atoms with van der Waals surface area (Å²) >= 11 is 0. The summed E-state index contributed by atoms with van der Waals surface area (Å²) in [6.45, 7) is 3.01. The summed E-state index contributed by atoms with van der Waals surface area (Å²) in [6, 6.07) is 0. The second-order valence-corrected chi connectivity index (χ2v) is 3.78. The van der Waals surface area contributed by atoms with Gasteiger partial charge >= 0.3 is 0 Å². The Morgan fingerprint density at radius 2 is 2.17 bits per heavy atom. The van der Waals surface area contributed by atoms with Crippen LogP contribution in [0.1, 0.15) is 32.6 Å². The van der Waals surface area contributed by atoms with Crippen molar-refractivity contribution < 1.29 is 0 Å². The smallest absolute Gasteiger partial charge is 0.0528 e. The highest BCUT2D eigenvalue weighted by atomic mass is 15.0. The van der Waals surface area contributed by atoms with E-state index in [9.17, 15) is 0 Å². The van der Waals surface area contributed by atoms with E-state index in [4.69, 9.17) is 0 Å². The van der Waals surface area contributed by atoms with Gasteiger partial charge in [-0.3, -0.25) is 4.99 Å². The van der Waals surface area contributed by atoms with Crippen LogP contribution in [0.2, 0.25) is 0 Å². The molecule has 0 aromatic heterocycles. The predicted octanol–water partition coefficient (Wildman–Crippen LogP) is 2.08. The maximum absolute atomic E-state index is 4.35. The molecule has 0 bridgehead atoms. The quantitative estimate of drug-likeness (QED) is 0.630. The van der Waals surface area contributed by atoms with Crippen molar-refractivity contribution in [2.45, 2.75) is 32.6 Å². The van der Waals surface area contributed by atoms with Gasteiger partial charge in [-0.1, -0.05) is 12.8 Å². The number of hydrogen-bond donors (Lipinski definition) is 1. The Kier molecular flexibility index (Phi) is 2.15. The highest BCUT2D eigenvalue weighted by Gasteiger charge is 2.20. The van der Waals surface area contributed by atoms with Crippen molar-refractivity contribution in [3.05, 3.63) is 11.9 Å². The Labute approximate surface area is 73.8 Å². The first-order chi connectivity index (χ1) is 5.86. The van der Waals surface area contributed by atoms with Gasteiger partial charge in [0.15, 0.2) is 0 Å². The zero-order valence-electron chi connectivity index (χ0n) is 7.64. The van der Waals surface area contributed by atoms with Crippen LogP contribution >= 0.6 is 0 Å². The Morgan fingerprint density at radius 1 is 1.42 bits per heavy atom. The number of hydrogen-bond acceptors (Lipinski definition) is 2. The fourth-order valence-electron chi connectivity index (χ4n) is 1.99. The average Bonchev–Trinajstić information content (AvgIpc) is 2.58. The third-order valence-electron chi connectivity index (χ3n) is 2.77. The van der Waals surface area contributed by atoms with Gasteiger partial charge in [-0.05, 0) is 19.8 Å². The van der Waals surface area contributed by atoms with E-state index < -0.39 is 0 Å². The van der Waals surface area contributed by atoms with Crippen LogP contribution < -0.4 is 5.32 Å². The summed E-state index contributed by atoms with van der Waals surface area (Å²) in [5, 5.41) is 3.44. The molecule has 1 fully saturated rings. The lowest BCUT2D eigenvalue weighted by Gasteiger charge is -2.19. The summed E-state index contributed by atoms with van der Waals surface area (Å²) in [5.74, 6) is 0.779. The largest absolute Gasteiger partial charge is 0.382 e. The molecule has 1 N–H and O–H groups in total. The summed E-state index contributed by atoms with van der Waals surface area (Å²) < 4.78 is 0. The van der Waals surface area contributed by atoms with Crippen molar-refractivity contribution in [3.8, 4) is 0 Å². The van der Waals surface area contributed by atoms with Crippen LogP contribution in [0.15, 0.2) is 16.9 Å². The first-order valence-corrected chi connectivity index (χ1v) is 4.83. The Bertz CT molecular complexity index is 222. The molecule has 1 aliphatic carbocycles. The van der Waals surface area contributed by atoms with E-state index in [1.165, 1.54) is 37.1 Å². The zero-order valence-corrected chi connectivity index (χ0v) is 7.64. The molecular weight excluding hydrogens is 148 g/mol. The summed E-state index contributed by atoms with van der Waals surface area (Å²) in [4.78, 5) is 4.35. The minimum atomic E-state index is 0.779. The normalized spacial score (nSPS) is 24.8. The van der Waals surface area contributed by atoms with Gasteiger partial charge in [0.05, 0.1) is 6.54 Å². The van der Waals surface area contributed by atoms with Crippen LogP contribution in [0.3, 0.4) is 0 Å². The molecule has 2 heteroatoms. The van der Waals surface area contributed by atoms with E-state index in [1.807, 2.05) is 6.20 Å². The lowest BCUT2D eigenvalue weighted by atomic mass is 10.0. The molecule has 12 heavy (non-hydrogen) atoms. The van der Waals surface area contributed by atoms with Crippen LogP contribution in [-0.2, 0) is 0 Å². The second-order valence-electron chi connectivity index (χ2n) is 3.78. The third kappa shape index (κ3) is 1.52. The van der Waals surface area contributed by atoms with Crippen molar-refractivity contribution in [1.82, 2.24) is 5.32 Å². The molecule has 0 atom stereocenters. The standard InChI is InChI=1S/C10H16N2/c1-8-6-12-10(7-11-8)9-4-2-3-5-9/h7,9,12H,2-6H2,1H3. The van der Waals surface area contributed by atoms with Gasteiger partial charge in [0.25, 0.3) is 0 Å². The summed E-state index contributed by atoms with van der Waals surface area (Å²) in [6.07, 6.45) is 7.52. The van der Waals surface area contributed by atoms with Crippen LogP contribution in [0.25, 0.3) is 0 Å². The number of aliphatic imine (C=N–C) groups is 1. The van der Waals surface area contributed by atoms with Crippen molar-refractivity contribution in [1.29, 1.82) is 0 Å². The molecule has 1 saturated carbocycles. The number of nitrogens with one attached hydrogen (secondary N) is 1. The molecular formula is C10H16N2. The molecule has 2 rings (SSSR count). The van der Waals surface area contributed by atoms with Crippen molar-refractivity contribution in [2.75, 3.05) is 6.54 Å². The minimum absolute atomic E-state index is 0.779. The van der Waals surface area contributed by atoms with Crippen LogP contribution in [-0.4, -0.2) is 12.3 Å². The molecule has 2 nitrogen and oxygen atoms in total. The van der Waals surface area contributed by atoms with E-state index in [0.29, 0.717) is 0 Å². The third-order valence-corrected chi connectivity index (χ3v) is 2.77. The molecule has 0 aromatic rings. The van der Waals surface area contributed by atoms with Gasteiger partial charge in [-0.2, -0.15) is 0 Å². The maximum Gasteiger partial charge on any atom is 0.0528 e. The van der Waals surface area contributed by atoms with Crippen LogP contribution in [0, 0.1) is 5.92 Å².